The number of rotatable bonds is 24. The van der Waals surface area contributed by atoms with E-state index in [1.807, 2.05) is 5.32 Å². The Morgan fingerprint density at radius 1 is 0.491 bits per heavy atom. The fourth-order valence-corrected chi connectivity index (χ4v) is 4.41. The summed E-state index contributed by atoms with van der Waals surface area (Å²) < 4.78 is 0. The van der Waals surface area contributed by atoms with Gasteiger partial charge in [0.15, 0.2) is 0 Å². The quantitative estimate of drug-likeness (QED) is 0.0436. The maximum atomic E-state index is 13.5. The summed E-state index contributed by atoms with van der Waals surface area (Å²) >= 11 is 0. The van der Waals surface area contributed by atoms with Crippen LogP contribution in [0.25, 0.3) is 0 Å². The summed E-state index contributed by atoms with van der Waals surface area (Å²) in [6, 6.07) is -10.9. The van der Waals surface area contributed by atoms with Gasteiger partial charge in [0.2, 0.25) is 53.2 Å². The normalized spacial score (nSPS) is 14.9. The largest absolute Gasteiger partial charge is 0.481 e. The molecule has 16 N–H and O–H groups in total. The predicted molar refractivity (Wildman–Crippen MR) is 181 cm³/mol. The number of carbonyl (C=O) groups excluding carboxylic acids is 9. The SMILES string of the molecule is CC(C)[C@H](NC(=O)[C@@H](NC(=O)[C@@H](N)CC(=O)O)C(C)C)C(=O)N[C@@H](CC(N)=O)C(=O)N[C@@H](CCC(N)=O)C(=O)N[C@@H](CC(N)=O)C(=O)N[C@@H](C)C(=O)O. The maximum absolute atomic E-state index is 13.5. The maximum Gasteiger partial charge on any atom is 0.325 e. The van der Waals surface area contributed by atoms with Crippen molar-refractivity contribution in [2.75, 3.05) is 0 Å². The molecule has 53 heavy (non-hydrogen) atoms. The molecule has 0 radical (unpaired) electrons. The third kappa shape index (κ3) is 17.8. The van der Waals surface area contributed by atoms with Gasteiger partial charge in [0, 0.05) is 6.42 Å². The van der Waals surface area contributed by atoms with Crippen molar-refractivity contribution in [2.45, 2.75) is 109 Å². The minimum Gasteiger partial charge on any atom is -0.481 e. The molecule has 23 nitrogen and oxygen atoms in total. The summed E-state index contributed by atoms with van der Waals surface area (Å²) in [5, 5.41) is 31.5. The van der Waals surface area contributed by atoms with Gasteiger partial charge in [0.25, 0.3) is 0 Å². The predicted octanol–water partition coefficient (Wildman–Crippen LogP) is -5.87. The van der Waals surface area contributed by atoms with Gasteiger partial charge in [-0.25, -0.2) is 0 Å². The second kappa shape index (κ2) is 22.1. The highest BCUT2D eigenvalue weighted by molar-refractivity contribution is 5.99. The van der Waals surface area contributed by atoms with Crippen LogP contribution in [-0.4, -0.2) is 118 Å². The Morgan fingerprint density at radius 3 is 1.26 bits per heavy atom. The van der Waals surface area contributed by atoms with Crippen LogP contribution in [-0.2, 0) is 52.7 Å². The van der Waals surface area contributed by atoms with Crippen molar-refractivity contribution in [1.29, 1.82) is 0 Å². The highest BCUT2D eigenvalue weighted by atomic mass is 16.4. The van der Waals surface area contributed by atoms with Gasteiger partial charge in [0.1, 0.15) is 36.3 Å². The van der Waals surface area contributed by atoms with Gasteiger partial charge in [-0.05, 0) is 25.2 Å². The van der Waals surface area contributed by atoms with E-state index in [0.29, 0.717) is 0 Å². The lowest BCUT2D eigenvalue weighted by Crippen LogP contribution is -2.61. The molecule has 7 atom stereocenters. The van der Waals surface area contributed by atoms with E-state index in [2.05, 4.69) is 26.6 Å². The number of carboxylic acid groups (broad SMARTS) is 2. The van der Waals surface area contributed by atoms with E-state index < -0.39 is 151 Å². The molecule has 0 heterocycles. The Balaban J connectivity index is 6.25. The van der Waals surface area contributed by atoms with Crippen LogP contribution in [0.1, 0.15) is 66.7 Å². The highest BCUT2D eigenvalue weighted by Gasteiger charge is 2.36. The number of aliphatic carboxylic acids is 2. The van der Waals surface area contributed by atoms with E-state index in [9.17, 15) is 52.7 Å². The summed E-state index contributed by atoms with van der Waals surface area (Å²) in [5.41, 5.74) is 21.2. The Hall–Kier alpha value is -5.87. The fourth-order valence-electron chi connectivity index (χ4n) is 4.41. The zero-order valence-corrected chi connectivity index (χ0v) is 29.9. The minimum atomic E-state index is -1.79. The van der Waals surface area contributed by atoms with Gasteiger partial charge in [-0.3, -0.25) is 52.7 Å². The summed E-state index contributed by atoms with van der Waals surface area (Å²) in [4.78, 5) is 136. The second-order valence-electron chi connectivity index (χ2n) is 12.8. The van der Waals surface area contributed by atoms with Crippen molar-refractivity contribution >= 4 is 65.1 Å². The van der Waals surface area contributed by atoms with Crippen molar-refractivity contribution in [3.05, 3.63) is 0 Å². The van der Waals surface area contributed by atoms with E-state index in [-0.39, 0.29) is 0 Å². The van der Waals surface area contributed by atoms with Gasteiger partial charge in [-0.15, -0.1) is 0 Å². The minimum absolute atomic E-state index is 0.496. The molecular weight excluding hydrogens is 708 g/mol. The van der Waals surface area contributed by atoms with Crippen LogP contribution in [0.2, 0.25) is 0 Å². The number of carbonyl (C=O) groups is 11. The first kappa shape index (κ1) is 47.1. The van der Waals surface area contributed by atoms with Crippen LogP contribution in [0, 0.1) is 11.8 Å². The smallest absolute Gasteiger partial charge is 0.325 e. The van der Waals surface area contributed by atoms with Crippen molar-refractivity contribution in [1.82, 2.24) is 31.9 Å². The van der Waals surface area contributed by atoms with E-state index >= 15 is 0 Å². The molecule has 0 aliphatic heterocycles. The van der Waals surface area contributed by atoms with E-state index in [1.165, 1.54) is 13.8 Å². The van der Waals surface area contributed by atoms with Crippen molar-refractivity contribution < 1.29 is 63.0 Å². The van der Waals surface area contributed by atoms with Crippen LogP contribution >= 0.6 is 0 Å². The summed E-state index contributed by atoms with van der Waals surface area (Å²) in [7, 11) is 0. The first-order chi connectivity index (χ1) is 24.4. The van der Waals surface area contributed by atoms with E-state index in [4.69, 9.17) is 33.1 Å². The lowest BCUT2D eigenvalue weighted by atomic mass is 9.98. The average Bonchev–Trinajstić information content (AvgIpc) is 3.01. The molecule has 0 fully saturated rings. The van der Waals surface area contributed by atoms with Gasteiger partial charge in [-0.1, -0.05) is 27.7 Å². The molecule has 0 spiro atoms. The molecule has 0 aliphatic carbocycles. The summed E-state index contributed by atoms with van der Waals surface area (Å²) in [5.74, 6) is -13.5. The standard InChI is InChI=1S/C30H50N10O13/c1-11(2)22(40-29(51)23(12(3)4)39-24(46)14(31)8-21(44)45)28(50)38-17(10-20(34)43)27(49)36-15(6-7-18(32)41)25(47)37-16(9-19(33)42)26(48)35-13(5)30(52)53/h11-17,22-23H,6-10,31H2,1-5H3,(H2,32,41)(H2,33,42)(H2,34,43)(H,35,48)(H,36,49)(H,37,47)(H,38,50)(H,39,46)(H,40,51)(H,44,45)(H,52,53)/t13-,14-,15-,16-,17-,22-,23-/m0/s1. The van der Waals surface area contributed by atoms with Crippen LogP contribution in [0.15, 0.2) is 0 Å². The molecule has 298 valence electrons. The summed E-state index contributed by atoms with van der Waals surface area (Å²) in [6.07, 6.45) is -3.38. The van der Waals surface area contributed by atoms with Crippen molar-refractivity contribution in [2.24, 2.45) is 34.8 Å². The molecule has 0 saturated heterocycles. The van der Waals surface area contributed by atoms with Gasteiger partial charge < -0.3 is 65.0 Å². The zero-order valence-electron chi connectivity index (χ0n) is 29.9. The molecule has 0 aromatic heterocycles. The molecule has 9 amide bonds. The first-order valence-corrected chi connectivity index (χ1v) is 16.2. The van der Waals surface area contributed by atoms with Crippen molar-refractivity contribution in [3.8, 4) is 0 Å². The molecule has 0 bridgehead atoms. The molecule has 0 aromatic carbocycles. The molecular formula is C30H50N10O13. The lowest BCUT2D eigenvalue weighted by Gasteiger charge is -2.29. The fraction of sp³-hybridized carbons (Fsp3) is 0.633. The first-order valence-electron chi connectivity index (χ1n) is 16.2. The monoisotopic (exact) mass is 758 g/mol. The molecule has 0 aromatic rings. The number of nitrogens with two attached hydrogens (primary N) is 4. The topological polar surface area (TPSA) is 404 Å². The van der Waals surface area contributed by atoms with Crippen LogP contribution in [0.3, 0.4) is 0 Å². The third-order valence-corrected chi connectivity index (χ3v) is 7.34. The average molecular weight is 759 g/mol. The van der Waals surface area contributed by atoms with Gasteiger partial charge in [0.05, 0.1) is 25.3 Å². The lowest BCUT2D eigenvalue weighted by molar-refractivity contribution is -0.142. The molecule has 0 saturated carbocycles. The van der Waals surface area contributed by atoms with Gasteiger partial charge in [-0.2, -0.15) is 0 Å². The third-order valence-electron chi connectivity index (χ3n) is 7.34. The Bertz CT molecular complexity index is 1420. The number of nitrogens with one attached hydrogen (secondary N) is 6. The van der Waals surface area contributed by atoms with E-state index in [1.54, 1.807) is 13.8 Å². The number of primary amides is 3. The molecule has 0 unspecified atom stereocenters. The van der Waals surface area contributed by atoms with Gasteiger partial charge >= 0.3 is 11.9 Å². The van der Waals surface area contributed by atoms with Crippen LogP contribution in [0.5, 0.6) is 0 Å². The Labute approximate surface area is 303 Å². The van der Waals surface area contributed by atoms with Crippen LogP contribution in [0.4, 0.5) is 0 Å². The number of amides is 9. The Morgan fingerprint density at radius 2 is 0.868 bits per heavy atom. The second-order valence-corrected chi connectivity index (χ2v) is 12.8. The zero-order chi connectivity index (χ0) is 41.3. The highest BCUT2D eigenvalue weighted by Crippen LogP contribution is 2.09. The molecule has 23 heteroatoms. The number of carboxylic acids is 2. The van der Waals surface area contributed by atoms with Crippen LogP contribution < -0.4 is 54.8 Å². The number of hydrogen-bond acceptors (Lipinski definition) is 12. The van der Waals surface area contributed by atoms with E-state index in [0.717, 1.165) is 6.92 Å². The van der Waals surface area contributed by atoms with Crippen molar-refractivity contribution in [3.63, 3.8) is 0 Å². The molecule has 0 rings (SSSR count). The summed E-state index contributed by atoms with van der Waals surface area (Å²) in [6.45, 7) is 7.23. The number of hydrogen-bond donors (Lipinski definition) is 12. The Kier molecular flexibility index (Phi) is 19.7. The molecule has 0 aliphatic rings.